The van der Waals surface area contributed by atoms with Crippen molar-refractivity contribution in [2.24, 2.45) is 5.92 Å². The van der Waals surface area contributed by atoms with Gasteiger partial charge in [-0.2, -0.15) is 0 Å². The first kappa shape index (κ1) is 13.6. The van der Waals surface area contributed by atoms with Crippen molar-refractivity contribution in [1.82, 2.24) is 9.80 Å². The molecule has 0 spiro atoms. The van der Waals surface area contributed by atoms with E-state index in [4.69, 9.17) is 0 Å². The van der Waals surface area contributed by atoms with Gasteiger partial charge in [-0.05, 0) is 32.4 Å². The highest BCUT2D eigenvalue weighted by atomic mass is 15.2. The lowest BCUT2D eigenvalue weighted by Crippen LogP contribution is -2.28. The molecule has 1 heterocycles. The number of allylic oxidation sites excluding steroid dienone is 1. The summed E-state index contributed by atoms with van der Waals surface area (Å²) in [7, 11) is 2.21. The van der Waals surface area contributed by atoms with Crippen molar-refractivity contribution in [3.05, 3.63) is 12.3 Å². The fourth-order valence-electron chi connectivity index (χ4n) is 2.49. The lowest BCUT2D eigenvalue weighted by atomic mass is 10.00. The maximum absolute atomic E-state index is 4.27. The van der Waals surface area contributed by atoms with Crippen LogP contribution in [-0.4, -0.2) is 43.0 Å². The second-order valence-corrected chi connectivity index (χ2v) is 5.31. The van der Waals surface area contributed by atoms with Crippen molar-refractivity contribution in [1.29, 1.82) is 0 Å². The largest absolute Gasteiger partial charge is 0.374 e. The van der Waals surface area contributed by atoms with E-state index in [9.17, 15) is 0 Å². The zero-order valence-corrected chi connectivity index (χ0v) is 11.3. The summed E-state index contributed by atoms with van der Waals surface area (Å²) in [6.45, 7) is 13.7. The summed E-state index contributed by atoms with van der Waals surface area (Å²) in [4.78, 5) is 4.92. The quantitative estimate of drug-likeness (QED) is 0.708. The minimum Gasteiger partial charge on any atom is -0.374 e. The Hall–Kier alpha value is -0.500. The van der Waals surface area contributed by atoms with Crippen molar-refractivity contribution in [2.75, 3.05) is 33.2 Å². The summed E-state index contributed by atoms with van der Waals surface area (Å²) in [5.41, 5.74) is 1.36. The van der Waals surface area contributed by atoms with Crippen LogP contribution in [0.4, 0.5) is 0 Å². The van der Waals surface area contributed by atoms with Crippen LogP contribution in [-0.2, 0) is 0 Å². The van der Waals surface area contributed by atoms with Crippen LogP contribution in [0.5, 0.6) is 0 Å². The third-order valence-electron chi connectivity index (χ3n) is 3.53. The van der Waals surface area contributed by atoms with Crippen molar-refractivity contribution in [2.45, 2.75) is 39.5 Å². The van der Waals surface area contributed by atoms with E-state index >= 15 is 0 Å². The predicted molar refractivity (Wildman–Crippen MR) is 71.5 cm³/mol. The number of rotatable bonds is 5. The Balaban J connectivity index is 2.35. The second-order valence-electron chi connectivity index (χ2n) is 5.31. The van der Waals surface area contributed by atoms with Crippen molar-refractivity contribution < 1.29 is 0 Å². The normalized spacial score (nSPS) is 20.6. The molecule has 0 aromatic carbocycles. The summed E-state index contributed by atoms with van der Waals surface area (Å²) >= 11 is 0. The molecule has 1 fully saturated rings. The van der Waals surface area contributed by atoms with Gasteiger partial charge in [-0.15, -0.1) is 0 Å². The first-order chi connectivity index (χ1) is 7.63. The Morgan fingerprint density at radius 2 is 2.00 bits per heavy atom. The number of hydrogen-bond acceptors (Lipinski definition) is 2. The van der Waals surface area contributed by atoms with Gasteiger partial charge in [-0.25, -0.2) is 0 Å². The monoisotopic (exact) mass is 224 g/mol. The number of nitrogens with zero attached hydrogens (tertiary/aromatic N) is 2. The van der Waals surface area contributed by atoms with Crippen LogP contribution in [0.1, 0.15) is 39.5 Å². The second kappa shape index (κ2) is 6.95. The molecule has 0 bridgehead atoms. The first-order valence-corrected chi connectivity index (χ1v) is 6.74. The smallest absolute Gasteiger partial charge is 0.0302 e. The standard InChI is InChI=1S/C14H28N2/c1-5-7-13(2)12-14(3)16-9-6-8-15(4)10-11-16/h13H,3,5-12H2,1-2,4H3. The fraction of sp³-hybridized carbons (Fsp3) is 0.857. The van der Waals surface area contributed by atoms with Gasteiger partial charge in [0, 0.05) is 25.3 Å². The first-order valence-electron chi connectivity index (χ1n) is 6.74. The van der Waals surface area contributed by atoms with Gasteiger partial charge in [0.25, 0.3) is 0 Å². The molecule has 0 N–H and O–H groups in total. The van der Waals surface area contributed by atoms with Crippen LogP contribution in [0.15, 0.2) is 12.3 Å². The Morgan fingerprint density at radius 3 is 2.69 bits per heavy atom. The molecule has 0 aromatic heterocycles. The maximum atomic E-state index is 4.27. The predicted octanol–water partition coefficient (Wildman–Crippen LogP) is 2.96. The summed E-state index contributed by atoms with van der Waals surface area (Å²) in [6.07, 6.45) is 5.07. The molecule has 2 nitrogen and oxygen atoms in total. The van der Waals surface area contributed by atoms with Crippen LogP contribution in [0.25, 0.3) is 0 Å². The molecule has 16 heavy (non-hydrogen) atoms. The highest BCUT2D eigenvalue weighted by Gasteiger charge is 2.14. The van der Waals surface area contributed by atoms with Crippen molar-refractivity contribution >= 4 is 0 Å². The highest BCUT2D eigenvalue weighted by molar-refractivity contribution is 4.96. The maximum Gasteiger partial charge on any atom is 0.0302 e. The minimum absolute atomic E-state index is 0.790. The molecule has 2 heteroatoms. The Kier molecular flexibility index (Phi) is 5.89. The lowest BCUT2D eigenvalue weighted by Gasteiger charge is -2.26. The summed E-state index contributed by atoms with van der Waals surface area (Å²) in [5, 5.41) is 0. The average molecular weight is 224 g/mol. The highest BCUT2D eigenvalue weighted by Crippen LogP contribution is 2.19. The van der Waals surface area contributed by atoms with Gasteiger partial charge in [0.15, 0.2) is 0 Å². The van der Waals surface area contributed by atoms with E-state index in [0.29, 0.717) is 0 Å². The van der Waals surface area contributed by atoms with E-state index in [1.165, 1.54) is 51.0 Å². The number of hydrogen-bond donors (Lipinski definition) is 0. The van der Waals surface area contributed by atoms with Gasteiger partial charge in [0.2, 0.25) is 0 Å². The molecule has 1 unspecified atom stereocenters. The molecule has 1 saturated heterocycles. The Morgan fingerprint density at radius 1 is 1.25 bits per heavy atom. The molecule has 0 aliphatic carbocycles. The molecule has 1 aliphatic rings. The van der Waals surface area contributed by atoms with Crippen LogP contribution < -0.4 is 0 Å². The van der Waals surface area contributed by atoms with E-state index in [1.807, 2.05) is 0 Å². The Bertz CT molecular complexity index is 213. The van der Waals surface area contributed by atoms with E-state index in [-0.39, 0.29) is 0 Å². The van der Waals surface area contributed by atoms with Crippen molar-refractivity contribution in [3.8, 4) is 0 Å². The van der Waals surface area contributed by atoms with Crippen LogP contribution in [0, 0.1) is 5.92 Å². The molecule has 0 aromatic rings. The van der Waals surface area contributed by atoms with Gasteiger partial charge in [-0.3, -0.25) is 0 Å². The molecule has 0 saturated carbocycles. The molecule has 0 radical (unpaired) electrons. The fourth-order valence-corrected chi connectivity index (χ4v) is 2.49. The molecular formula is C14H28N2. The van der Waals surface area contributed by atoms with Gasteiger partial charge >= 0.3 is 0 Å². The van der Waals surface area contributed by atoms with Crippen LogP contribution in [0.2, 0.25) is 0 Å². The topological polar surface area (TPSA) is 6.48 Å². The van der Waals surface area contributed by atoms with E-state index in [2.05, 4.69) is 37.3 Å². The van der Waals surface area contributed by atoms with Gasteiger partial charge in [-0.1, -0.05) is 33.3 Å². The zero-order valence-electron chi connectivity index (χ0n) is 11.3. The van der Waals surface area contributed by atoms with Crippen LogP contribution >= 0.6 is 0 Å². The summed E-state index contributed by atoms with van der Waals surface area (Å²) in [5.74, 6) is 0.790. The lowest BCUT2D eigenvalue weighted by molar-refractivity contribution is 0.309. The average Bonchev–Trinajstić information content (AvgIpc) is 2.43. The Labute approximate surface area is 101 Å². The molecule has 1 aliphatic heterocycles. The van der Waals surface area contributed by atoms with Crippen molar-refractivity contribution in [3.63, 3.8) is 0 Å². The van der Waals surface area contributed by atoms with Gasteiger partial charge in [0.1, 0.15) is 0 Å². The SMILES string of the molecule is C=C(CC(C)CCC)N1CCCN(C)CC1. The van der Waals surface area contributed by atoms with Crippen LogP contribution in [0.3, 0.4) is 0 Å². The third-order valence-corrected chi connectivity index (χ3v) is 3.53. The summed E-state index contributed by atoms with van der Waals surface area (Å²) < 4.78 is 0. The molecule has 94 valence electrons. The summed E-state index contributed by atoms with van der Waals surface area (Å²) in [6, 6.07) is 0. The molecule has 0 amide bonds. The molecular weight excluding hydrogens is 196 g/mol. The third kappa shape index (κ3) is 4.56. The zero-order chi connectivity index (χ0) is 12.0. The number of likely N-dealkylation sites (N-methyl/N-ethyl adjacent to an activating group) is 1. The van der Waals surface area contributed by atoms with E-state index < -0.39 is 0 Å². The van der Waals surface area contributed by atoms with Gasteiger partial charge in [0.05, 0.1) is 0 Å². The van der Waals surface area contributed by atoms with Gasteiger partial charge < -0.3 is 9.80 Å². The molecule has 1 rings (SSSR count). The van der Waals surface area contributed by atoms with E-state index in [1.54, 1.807) is 0 Å². The minimum atomic E-state index is 0.790. The molecule has 1 atom stereocenters. The van der Waals surface area contributed by atoms with E-state index in [0.717, 1.165) is 12.5 Å².